The SMILES string of the molecule is CCNC(C)(CCOC)C(=O)NCCC(=CNC=N)Oc1ccccc1. The minimum Gasteiger partial charge on any atom is -0.460 e. The van der Waals surface area contributed by atoms with Gasteiger partial charge in [-0.2, -0.15) is 0 Å². The Hall–Kier alpha value is -2.38. The highest BCUT2D eigenvalue weighted by Crippen LogP contribution is 2.15. The largest absolute Gasteiger partial charge is 0.460 e. The first-order valence-corrected chi connectivity index (χ1v) is 8.75. The Morgan fingerprint density at radius 1 is 1.31 bits per heavy atom. The lowest BCUT2D eigenvalue weighted by Gasteiger charge is -2.29. The van der Waals surface area contributed by atoms with E-state index in [0.717, 1.165) is 6.34 Å². The molecule has 0 aromatic heterocycles. The summed E-state index contributed by atoms with van der Waals surface area (Å²) in [7, 11) is 1.62. The van der Waals surface area contributed by atoms with E-state index in [0.29, 0.717) is 44.0 Å². The molecule has 0 radical (unpaired) electrons. The molecule has 1 unspecified atom stereocenters. The van der Waals surface area contributed by atoms with Crippen molar-refractivity contribution in [3.8, 4) is 5.75 Å². The van der Waals surface area contributed by atoms with Crippen LogP contribution in [-0.4, -0.2) is 44.6 Å². The van der Waals surface area contributed by atoms with Crippen LogP contribution in [0.25, 0.3) is 0 Å². The van der Waals surface area contributed by atoms with Gasteiger partial charge in [0.2, 0.25) is 5.91 Å². The predicted molar refractivity (Wildman–Crippen MR) is 103 cm³/mol. The van der Waals surface area contributed by atoms with Gasteiger partial charge in [0.05, 0.1) is 11.9 Å². The molecule has 1 rings (SSSR count). The summed E-state index contributed by atoms with van der Waals surface area (Å²) in [5, 5.41) is 16.0. The van der Waals surface area contributed by atoms with Crippen LogP contribution in [0, 0.1) is 5.41 Å². The normalized spacial score (nSPS) is 13.6. The number of para-hydroxylation sites is 1. The maximum Gasteiger partial charge on any atom is 0.240 e. The van der Waals surface area contributed by atoms with Crippen molar-refractivity contribution in [2.24, 2.45) is 0 Å². The van der Waals surface area contributed by atoms with E-state index in [2.05, 4.69) is 16.0 Å². The van der Waals surface area contributed by atoms with Crippen molar-refractivity contribution >= 4 is 12.2 Å². The summed E-state index contributed by atoms with van der Waals surface area (Å²) >= 11 is 0. The summed E-state index contributed by atoms with van der Waals surface area (Å²) in [5.41, 5.74) is -0.678. The first-order chi connectivity index (χ1) is 12.6. The van der Waals surface area contributed by atoms with Crippen LogP contribution in [0.1, 0.15) is 26.7 Å². The number of likely N-dealkylation sites (N-methyl/N-ethyl adjacent to an activating group) is 1. The van der Waals surface area contributed by atoms with Crippen molar-refractivity contribution < 1.29 is 14.3 Å². The van der Waals surface area contributed by atoms with E-state index in [1.165, 1.54) is 0 Å². The molecule has 1 aromatic rings. The van der Waals surface area contributed by atoms with Crippen molar-refractivity contribution in [1.29, 1.82) is 5.41 Å². The monoisotopic (exact) mass is 362 g/mol. The van der Waals surface area contributed by atoms with Gasteiger partial charge in [0.15, 0.2) is 0 Å². The second kappa shape index (κ2) is 12.1. The molecule has 7 nitrogen and oxygen atoms in total. The van der Waals surface area contributed by atoms with Gasteiger partial charge in [0, 0.05) is 32.9 Å². The number of nitrogens with one attached hydrogen (secondary N) is 4. The van der Waals surface area contributed by atoms with Crippen molar-refractivity contribution in [2.45, 2.75) is 32.2 Å². The molecule has 0 bridgehead atoms. The van der Waals surface area contributed by atoms with Gasteiger partial charge in [-0.1, -0.05) is 25.1 Å². The van der Waals surface area contributed by atoms with Crippen LogP contribution in [0.4, 0.5) is 0 Å². The quantitative estimate of drug-likeness (QED) is 0.245. The van der Waals surface area contributed by atoms with Crippen LogP contribution in [0.5, 0.6) is 5.75 Å². The zero-order chi connectivity index (χ0) is 19.3. The average Bonchev–Trinajstić information content (AvgIpc) is 2.65. The Kier molecular flexibility index (Phi) is 10.0. The minimum atomic E-state index is -0.678. The molecule has 0 saturated heterocycles. The van der Waals surface area contributed by atoms with Crippen LogP contribution in [-0.2, 0) is 9.53 Å². The Balaban J connectivity index is 2.61. The number of carbonyl (C=O) groups is 1. The van der Waals surface area contributed by atoms with Gasteiger partial charge in [-0.3, -0.25) is 10.2 Å². The molecule has 4 N–H and O–H groups in total. The molecule has 7 heteroatoms. The topological polar surface area (TPSA) is 95.5 Å². The van der Waals surface area contributed by atoms with Crippen LogP contribution in [0.3, 0.4) is 0 Å². The van der Waals surface area contributed by atoms with Crippen molar-refractivity contribution in [3.05, 3.63) is 42.3 Å². The number of methoxy groups -OCH3 is 1. The number of ether oxygens (including phenoxy) is 2. The number of hydrogen-bond acceptors (Lipinski definition) is 5. The van der Waals surface area contributed by atoms with Gasteiger partial charge in [-0.25, -0.2) is 0 Å². The second-order valence-corrected chi connectivity index (χ2v) is 5.95. The molecular weight excluding hydrogens is 332 g/mol. The highest BCUT2D eigenvalue weighted by molar-refractivity contribution is 5.85. The lowest BCUT2D eigenvalue weighted by molar-refractivity contribution is -0.127. The fraction of sp³-hybridized carbons (Fsp3) is 0.474. The van der Waals surface area contributed by atoms with E-state index in [-0.39, 0.29) is 5.91 Å². The van der Waals surface area contributed by atoms with Crippen LogP contribution < -0.4 is 20.7 Å². The third kappa shape index (κ3) is 7.67. The Bertz CT molecular complexity index is 577. The van der Waals surface area contributed by atoms with E-state index in [1.807, 2.05) is 44.2 Å². The van der Waals surface area contributed by atoms with E-state index in [1.54, 1.807) is 13.3 Å². The van der Waals surface area contributed by atoms with Gasteiger partial charge in [-0.15, -0.1) is 0 Å². The van der Waals surface area contributed by atoms with Crippen molar-refractivity contribution in [1.82, 2.24) is 16.0 Å². The van der Waals surface area contributed by atoms with E-state index in [9.17, 15) is 4.79 Å². The maximum atomic E-state index is 12.6. The molecule has 0 saturated carbocycles. The lowest BCUT2D eigenvalue weighted by atomic mass is 9.97. The third-order valence-corrected chi connectivity index (χ3v) is 3.85. The van der Waals surface area contributed by atoms with Gasteiger partial charge >= 0.3 is 0 Å². The molecule has 1 aromatic carbocycles. The number of rotatable bonds is 13. The van der Waals surface area contributed by atoms with Crippen molar-refractivity contribution in [3.63, 3.8) is 0 Å². The molecular formula is C19H30N4O3. The smallest absolute Gasteiger partial charge is 0.240 e. The molecule has 0 aliphatic carbocycles. The predicted octanol–water partition coefficient (Wildman–Crippen LogP) is 2.01. The van der Waals surface area contributed by atoms with Gasteiger partial charge < -0.3 is 25.4 Å². The Morgan fingerprint density at radius 2 is 2.04 bits per heavy atom. The second-order valence-electron chi connectivity index (χ2n) is 5.95. The summed E-state index contributed by atoms with van der Waals surface area (Å²) < 4.78 is 10.9. The summed E-state index contributed by atoms with van der Waals surface area (Å²) in [6.07, 6.45) is 3.76. The number of carbonyl (C=O) groups excluding carboxylic acids is 1. The highest BCUT2D eigenvalue weighted by Gasteiger charge is 2.31. The Labute approximate surface area is 155 Å². The van der Waals surface area contributed by atoms with Gasteiger partial charge in [0.1, 0.15) is 11.5 Å². The maximum absolute atomic E-state index is 12.6. The summed E-state index contributed by atoms with van der Waals surface area (Å²) in [5.74, 6) is 1.26. The van der Waals surface area contributed by atoms with E-state index < -0.39 is 5.54 Å². The molecule has 0 aliphatic heterocycles. The number of amides is 1. The van der Waals surface area contributed by atoms with E-state index in [4.69, 9.17) is 14.9 Å². The standard InChI is InChI=1S/C19H30N4O3/c1-4-23-19(2,11-13-25-3)18(24)22-12-10-17(14-21-15-20)26-16-8-6-5-7-9-16/h5-9,14-15,23H,4,10-13H2,1-3H3,(H2,20,21)(H,22,24). The zero-order valence-corrected chi connectivity index (χ0v) is 15.8. The van der Waals surface area contributed by atoms with Gasteiger partial charge in [0.25, 0.3) is 0 Å². The molecule has 0 fully saturated rings. The fourth-order valence-corrected chi connectivity index (χ4v) is 2.40. The van der Waals surface area contributed by atoms with Gasteiger partial charge in [-0.05, 0) is 32.0 Å². The molecule has 26 heavy (non-hydrogen) atoms. The van der Waals surface area contributed by atoms with Crippen molar-refractivity contribution in [2.75, 3.05) is 26.8 Å². The van der Waals surface area contributed by atoms with E-state index >= 15 is 0 Å². The van der Waals surface area contributed by atoms with Crippen LogP contribution in [0.2, 0.25) is 0 Å². The molecule has 0 aliphatic rings. The minimum absolute atomic E-state index is 0.0736. The summed E-state index contributed by atoms with van der Waals surface area (Å²) in [4.78, 5) is 12.6. The molecule has 1 atom stereocenters. The molecule has 144 valence electrons. The number of hydrogen-bond donors (Lipinski definition) is 4. The van der Waals surface area contributed by atoms with Crippen LogP contribution in [0.15, 0.2) is 42.3 Å². The summed E-state index contributed by atoms with van der Waals surface area (Å²) in [6, 6.07) is 9.38. The Morgan fingerprint density at radius 3 is 2.65 bits per heavy atom. The fourth-order valence-electron chi connectivity index (χ4n) is 2.40. The first-order valence-electron chi connectivity index (χ1n) is 8.75. The highest BCUT2D eigenvalue weighted by atomic mass is 16.5. The number of benzene rings is 1. The summed E-state index contributed by atoms with van der Waals surface area (Å²) in [6.45, 7) is 5.46. The molecule has 1 amide bonds. The lowest BCUT2D eigenvalue weighted by Crippen LogP contribution is -2.55. The molecule has 0 spiro atoms. The third-order valence-electron chi connectivity index (χ3n) is 3.85. The zero-order valence-electron chi connectivity index (χ0n) is 15.8. The molecule has 0 heterocycles. The average molecular weight is 362 g/mol. The first kappa shape index (κ1) is 21.7. The van der Waals surface area contributed by atoms with Crippen LogP contribution >= 0.6 is 0 Å².